The number of anilines is 2. The second kappa shape index (κ2) is 9.66. The lowest BCUT2D eigenvalue weighted by atomic mass is 9.94. The van der Waals surface area contributed by atoms with Gasteiger partial charge in [0.2, 0.25) is 10.0 Å². The predicted molar refractivity (Wildman–Crippen MR) is 118 cm³/mol. The molecule has 172 valence electrons. The number of nitrogens with zero attached hydrogens (tertiary/aromatic N) is 1. The number of piperidine rings is 1. The number of esters is 1. The molecule has 1 saturated heterocycles. The summed E-state index contributed by atoms with van der Waals surface area (Å²) in [5, 5.41) is 2.53. The van der Waals surface area contributed by atoms with Gasteiger partial charge < -0.3 is 15.8 Å². The maximum atomic E-state index is 13.1. The van der Waals surface area contributed by atoms with Crippen LogP contribution in [0.15, 0.2) is 47.4 Å². The van der Waals surface area contributed by atoms with Crippen LogP contribution in [0.3, 0.4) is 0 Å². The summed E-state index contributed by atoms with van der Waals surface area (Å²) in [7, 11) is -3.62. The summed E-state index contributed by atoms with van der Waals surface area (Å²) < 4.78 is 45.3. The summed E-state index contributed by atoms with van der Waals surface area (Å²) in [5.74, 6) is -1.48. The lowest BCUT2D eigenvalue weighted by Crippen LogP contribution is -2.42. The van der Waals surface area contributed by atoms with Gasteiger partial charge in [-0.15, -0.1) is 0 Å². The second-order valence-electron chi connectivity index (χ2n) is 8.15. The summed E-state index contributed by atoms with van der Waals surface area (Å²) in [6, 6.07) is 9.03. The Morgan fingerprint density at radius 3 is 2.34 bits per heavy atom. The molecule has 8 nitrogen and oxygen atoms in total. The number of sulfonamides is 1. The molecule has 3 rings (SSSR count). The number of carbonyl (C=O) groups is 2. The molecule has 0 bridgehead atoms. The number of benzene rings is 2. The number of nitrogen functional groups attached to an aromatic ring is 1. The Bertz CT molecular complexity index is 1100. The van der Waals surface area contributed by atoms with Gasteiger partial charge in [0.05, 0.1) is 10.5 Å². The number of ether oxygens (including phenoxy) is 1. The molecule has 0 unspecified atom stereocenters. The van der Waals surface area contributed by atoms with E-state index in [4.69, 9.17) is 10.5 Å². The van der Waals surface area contributed by atoms with Crippen molar-refractivity contribution in [2.45, 2.75) is 25.2 Å². The number of amides is 1. The van der Waals surface area contributed by atoms with E-state index in [2.05, 4.69) is 5.32 Å². The van der Waals surface area contributed by atoms with Crippen LogP contribution in [-0.2, 0) is 19.6 Å². The highest BCUT2D eigenvalue weighted by Crippen LogP contribution is 2.27. The Hall–Kier alpha value is -2.98. The van der Waals surface area contributed by atoms with Crippen molar-refractivity contribution in [3.8, 4) is 0 Å². The van der Waals surface area contributed by atoms with Crippen molar-refractivity contribution in [3.63, 3.8) is 0 Å². The van der Waals surface area contributed by atoms with E-state index in [9.17, 15) is 22.4 Å². The van der Waals surface area contributed by atoms with Crippen LogP contribution in [0.1, 0.15) is 30.6 Å². The SMILES string of the molecule is C[C@@H]1C[C@@H](C)CN(S(=O)(=O)c2ccc(NC(=O)COC(=O)c3ccc(F)cc3N)cc2)C1. The second-order valence-corrected chi connectivity index (χ2v) is 10.1. The molecular formula is C22H26FN3O5S. The fraction of sp³-hybridized carbons (Fsp3) is 0.364. The number of hydrogen-bond donors (Lipinski definition) is 2. The molecule has 2 aromatic carbocycles. The van der Waals surface area contributed by atoms with Crippen molar-refractivity contribution < 1.29 is 27.1 Å². The molecule has 2 atom stereocenters. The zero-order valence-electron chi connectivity index (χ0n) is 17.9. The molecule has 0 radical (unpaired) electrons. The Morgan fingerprint density at radius 1 is 1.12 bits per heavy atom. The molecule has 1 amide bonds. The molecule has 1 heterocycles. The summed E-state index contributed by atoms with van der Waals surface area (Å²) in [6.07, 6.45) is 0.995. The molecule has 1 aliphatic heterocycles. The van der Waals surface area contributed by atoms with Crippen LogP contribution in [0.4, 0.5) is 15.8 Å². The van der Waals surface area contributed by atoms with Crippen LogP contribution in [0, 0.1) is 17.7 Å². The molecule has 3 N–H and O–H groups in total. The van der Waals surface area contributed by atoms with Gasteiger partial charge in [-0.3, -0.25) is 4.79 Å². The lowest BCUT2D eigenvalue weighted by Gasteiger charge is -2.34. The predicted octanol–water partition coefficient (Wildman–Crippen LogP) is 2.87. The van der Waals surface area contributed by atoms with Crippen molar-refractivity contribution in [3.05, 3.63) is 53.8 Å². The van der Waals surface area contributed by atoms with Crippen LogP contribution in [0.5, 0.6) is 0 Å². The van der Waals surface area contributed by atoms with E-state index in [0.29, 0.717) is 30.6 Å². The van der Waals surface area contributed by atoms with E-state index in [1.807, 2.05) is 13.8 Å². The molecule has 2 aromatic rings. The van der Waals surface area contributed by atoms with Crippen LogP contribution in [0.25, 0.3) is 0 Å². The largest absolute Gasteiger partial charge is 0.452 e. The first-order valence-electron chi connectivity index (χ1n) is 10.2. The van der Waals surface area contributed by atoms with Crippen LogP contribution in [0.2, 0.25) is 0 Å². The highest BCUT2D eigenvalue weighted by atomic mass is 32.2. The van der Waals surface area contributed by atoms with Crippen LogP contribution in [-0.4, -0.2) is 44.3 Å². The molecule has 10 heteroatoms. The molecule has 0 spiro atoms. The van der Waals surface area contributed by atoms with Gasteiger partial charge in [0.1, 0.15) is 5.82 Å². The number of carbonyl (C=O) groups excluding carboxylic acids is 2. The first-order valence-corrected chi connectivity index (χ1v) is 11.6. The standard InChI is InChI=1S/C22H26FN3O5S/c1-14-9-15(2)12-26(11-14)32(29,30)18-6-4-17(5-7-18)25-21(27)13-31-22(28)19-8-3-16(23)10-20(19)24/h3-8,10,14-15H,9,11-13,24H2,1-2H3,(H,25,27)/t14-,15-/m1/s1. The van der Waals surface area contributed by atoms with Crippen molar-refractivity contribution in [2.24, 2.45) is 11.8 Å². The van der Waals surface area contributed by atoms with Crippen LogP contribution < -0.4 is 11.1 Å². The summed E-state index contributed by atoms with van der Waals surface area (Å²) >= 11 is 0. The van der Waals surface area contributed by atoms with Gasteiger partial charge in [-0.05, 0) is 60.7 Å². The topological polar surface area (TPSA) is 119 Å². The molecule has 1 aliphatic rings. The normalized spacial score (nSPS) is 19.3. The quantitative estimate of drug-likeness (QED) is 0.502. The average molecular weight is 464 g/mol. The highest BCUT2D eigenvalue weighted by molar-refractivity contribution is 7.89. The van der Waals surface area contributed by atoms with Crippen LogP contribution >= 0.6 is 0 Å². The van der Waals surface area contributed by atoms with Gasteiger partial charge in [0, 0.05) is 24.5 Å². The van der Waals surface area contributed by atoms with Gasteiger partial charge in [-0.25, -0.2) is 17.6 Å². The summed E-state index contributed by atoms with van der Waals surface area (Å²) in [5.41, 5.74) is 5.79. The minimum Gasteiger partial charge on any atom is -0.452 e. The molecule has 0 saturated carbocycles. The van der Waals surface area contributed by atoms with Gasteiger partial charge in [-0.1, -0.05) is 13.8 Å². The fourth-order valence-corrected chi connectivity index (χ4v) is 5.47. The third-order valence-electron chi connectivity index (χ3n) is 5.18. The van der Waals surface area contributed by atoms with Crippen molar-refractivity contribution in [2.75, 3.05) is 30.7 Å². The monoisotopic (exact) mass is 463 g/mol. The van der Waals surface area contributed by atoms with Gasteiger partial charge >= 0.3 is 5.97 Å². The number of halogens is 1. The minimum atomic E-state index is -3.62. The smallest absolute Gasteiger partial charge is 0.340 e. The van der Waals surface area contributed by atoms with E-state index in [-0.39, 0.29) is 16.1 Å². The Balaban J connectivity index is 1.58. The Morgan fingerprint density at radius 2 is 1.75 bits per heavy atom. The maximum absolute atomic E-state index is 13.1. The number of nitrogens with two attached hydrogens (primary N) is 1. The summed E-state index contributed by atoms with van der Waals surface area (Å²) in [6.45, 7) is 4.45. The van der Waals surface area contributed by atoms with E-state index in [1.54, 1.807) is 0 Å². The third-order valence-corrected chi connectivity index (χ3v) is 7.02. The lowest BCUT2D eigenvalue weighted by molar-refractivity contribution is -0.119. The van der Waals surface area contributed by atoms with Gasteiger partial charge in [0.25, 0.3) is 5.91 Å². The molecule has 32 heavy (non-hydrogen) atoms. The Labute approximate surface area is 186 Å². The van der Waals surface area contributed by atoms with Gasteiger partial charge in [-0.2, -0.15) is 4.31 Å². The number of hydrogen-bond acceptors (Lipinski definition) is 6. The Kier molecular flexibility index (Phi) is 7.15. The van der Waals surface area contributed by atoms with E-state index < -0.39 is 34.3 Å². The zero-order valence-corrected chi connectivity index (χ0v) is 18.7. The van der Waals surface area contributed by atoms with Gasteiger partial charge in [0.15, 0.2) is 6.61 Å². The van der Waals surface area contributed by atoms with Crippen molar-refractivity contribution in [1.82, 2.24) is 4.31 Å². The summed E-state index contributed by atoms with van der Waals surface area (Å²) in [4.78, 5) is 24.2. The minimum absolute atomic E-state index is 0.0462. The van der Waals surface area contributed by atoms with E-state index >= 15 is 0 Å². The van der Waals surface area contributed by atoms with E-state index in [1.165, 1.54) is 34.6 Å². The molecule has 0 aromatic heterocycles. The fourth-order valence-electron chi connectivity index (χ4n) is 3.79. The first-order chi connectivity index (χ1) is 15.1. The van der Waals surface area contributed by atoms with E-state index in [0.717, 1.165) is 18.6 Å². The van der Waals surface area contributed by atoms with Crippen molar-refractivity contribution in [1.29, 1.82) is 0 Å². The zero-order chi connectivity index (χ0) is 23.5. The van der Waals surface area contributed by atoms with Crippen molar-refractivity contribution >= 4 is 33.3 Å². The molecule has 0 aliphatic carbocycles. The molecular weight excluding hydrogens is 437 g/mol. The highest BCUT2D eigenvalue weighted by Gasteiger charge is 2.31. The molecule has 1 fully saturated rings. The maximum Gasteiger partial charge on any atom is 0.340 e. The third kappa shape index (κ3) is 5.63. The number of nitrogens with one attached hydrogen (secondary N) is 1. The average Bonchev–Trinajstić information content (AvgIpc) is 2.72. The first kappa shape index (κ1) is 23.7. The number of rotatable bonds is 6.